The van der Waals surface area contributed by atoms with Gasteiger partial charge in [-0.25, -0.2) is 8.10 Å². The largest absolute Gasteiger partial charge is 0.486 e. The van der Waals surface area contributed by atoms with E-state index in [1.165, 1.54) is 0 Å². The lowest BCUT2D eigenvalue weighted by Crippen LogP contribution is -2.48. The van der Waals surface area contributed by atoms with Gasteiger partial charge in [-0.05, 0) is 12.1 Å². The number of nitrogens with one attached hydrogen (secondary N) is 1. The van der Waals surface area contributed by atoms with Gasteiger partial charge in [0.25, 0.3) is 5.91 Å². The summed E-state index contributed by atoms with van der Waals surface area (Å²) in [6.07, 6.45) is 1.82. The normalized spacial score (nSPS) is 16.6. The molecular weight excluding hydrogens is 321 g/mol. The van der Waals surface area contributed by atoms with Crippen molar-refractivity contribution in [2.24, 2.45) is 0 Å². The van der Waals surface area contributed by atoms with Crippen LogP contribution >= 0.6 is 22.9 Å². The molecule has 1 saturated heterocycles. The van der Waals surface area contributed by atoms with Gasteiger partial charge in [-0.3, -0.25) is 4.79 Å². The monoisotopic (exact) mass is 333 g/mol. The summed E-state index contributed by atoms with van der Waals surface area (Å²) in [6, 6.07) is 3.43. The predicted molar refractivity (Wildman–Crippen MR) is 67.6 cm³/mol. The molecule has 5 nitrogen and oxygen atoms in total. The zero-order valence-electron chi connectivity index (χ0n) is 8.81. The second kappa shape index (κ2) is 4.96. The molecule has 0 spiro atoms. The highest BCUT2D eigenvalue weighted by molar-refractivity contribution is 14.1. The van der Waals surface area contributed by atoms with E-state index in [-0.39, 0.29) is 12.0 Å². The number of nitrogens with zero attached hydrogens (tertiary/aromatic N) is 2. The van der Waals surface area contributed by atoms with Crippen LogP contribution in [0.3, 0.4) is 0 Å². The van der Waals surface area contributed by atoms with E-state index in [9.17, 15) is 4.79 Å². The van der Waals surface area contributed by atoms with Crippen molar-refractivity contribution in [2.75, 3.05) is 20.1 Å². The fraction of sp³-hybridized carbons (Fsp3) is 0.400. The molecular formula is C10H12IN3O2. The van der Waals surface area contributed by atoms with Crippen LogP contribution in [0.5, 0.6) is 5.75 Å². The molecule has 1 N–H and O–H groups in total. The average molecular weight is 333 g/mol. The van der Waals surface area contributed by atoms with Crippen LogP contribution in [0, 0.1) is 0 Å². The van der Waals surface area contributed by atoms with Crippen molar-refractivity contribution < 1.29 is 9.53 Å². The number of hydrogen-bond acceptors (Lipinski definition) is 4. The lowest BCUT2D eigenvalue weighted by atomic mass is 10.2. The fourth-order valence-electron chi connectivity index (χ4n) is 1.37. The number of carbonyl (C=O) groups is 1. The molecule has 6 heteroatoms. The summed E-state index contributed by atoms with van der Waals surface area (Å²) in [6.45, 7) is 1.86. The number of carbonyl (C=O) groups excluding carboxylic acids is 1. The molecule has 0 saturated carbocycles. The van der Waals surface area contributed by atoms with Gasteiger partial charge in [0.2, 0.25) is 0 Å². The maximum atomic E-state index is 11.2. The minimum absolute atomic E-state index is 0.186. The van der Waals surface area contributed by atoms with Crippen LogP contribution < -0.4 is 10.1 Å². The second-order valence-electron chi connectivity index (χ2n) is 3.53. The molecule has 0 unspecified atom stereocenters. The molecule has 2 rings (SSSR count). The first-order valence-corrected chi connectivity index (χ1v) is 5.91. The van der Waals surface area contributed by atoms with Crippen LogP contribution in [0.2, 0.25) is 0 Å². The zero-order valence-corrected chi connectivity index (χ0v) is 11.0. The first-order chi connectivity index (χ1) is 7.69. The van der Waals surface area contributed by atoms with Crippen molar-refractivity contribution in [1.29, 1.82) is 0 Å². The van der Waals surface area contributed by atoms with Crippen molar-refractivity contribution in [3.8, 4) is 5.75 Å². The number of amides is 1. The zero-order chi connectivity index (χ0) is 11.5. The second-order valence-corrected chi connectivity index (χ2v) is 4.89. The van der Waals surface area contributed by atoms with Gasteiger partial charge in [0.05, 0.1) is 6.20 Å². The van der Waals surface area contributed by atoms with Gasteiger partial charge in [-0.15, -0.1) is 0 Å². The smallest absolute Gasteiger partial charge is 0.269 e. The van der Waals surface area contributed by atoms with Gasteiger partial charge in [0.1, 0.15) is 17.5 Å². The molecule has 1 fully saturated rings. The van der Waals surface area contributed by atoms with Crippen LogP contribution in [-0.2, 0) is 0 Å². The molecule has 1 aliphatic heterocycles. The standard InChI is InChI=1S/C10H12IN3O2/c1-12-10(15)9-3-2-7(4-13-9)16-8-5-14(11)6-8/h2-4,8H,5-6H2,1H3,(H,12,15). The highest BCUT2D eigenvalue weighted by atomic mass is 127. The summed E-state index contributed by atoms with van der Waals surface area (Å²) in [5, 5.41) is 2.52. The van der Waals surface area contributed by atoms with Crippen LogP contribution in [0.15, 0.2) is 18.3 Å². The molecule has 0 bridgehead atoms. The molecule has 2 heterocycles. The average Bonchev–Trinajstić information content (AvgIpc) is 2.27. The SMILES string of the molecule is CNC(=O)c1ccc(OC2CN(I)C2)cn1. The van der Waals surface area contributed by atoms with Crippen molar-refractivity contribution in [3.05, 3.63) is 24.0 Å². The van der Waals surface area contributed by atoms with Crippen molar-refractivity contribution >= 4 is 28.8 Å². The van der Waals surface area contributed by atoms with E-state index in [2.05, 4.69) is 36.3 Å². The summed E-state index contributed by atoms with van der Waals surface area (Å²) in [7, 11) is 1.58. The number of aromatic nitrogens is 1. The van der Waals surface area contributed by atoms with E-state index in [4.69, 9.17) is 4.74 Å². The highest BCUT2D eigenvalue weighted by Gasteiger charge is 2.26. The summed E-state index contributed by atoms with van der Waals surface area (Å²) < 4.78 is 7.80. The molecule has 1 aromatic rings. The molecule has 0 aromatic carbocycles. The molecule has 1 aliphatic rings. The molecule has 16 heavy (non-hydrogen) atoms. The Morgan fingerprint density at radius 3 is 2.88 bits per heavy atom. The van der Waals surface area contributed by atoms with Crippen molar-refractivity contribution in [1.82, 2.24) is 13.4 Å². The number of rotatable bonds is 3. The maximum Gasteiger partial charge on any atom is 0.269 e. The Morgan fingerprint density at radius 2 is 2.38 bits per heavy atom. The Morgan fingerprint density at radius 1 is 1.62 bits per heavy atom. The van der Waals surface area contributed by atoms with E-state index in [0.29, 0.717) is 11.4 Å². The van der Waals surface area contributed by atoms with Gasteiger partial charge in [-0.1, -0.05) is 0 Å². The number of ether oxygens (including phenoxy) is 1. The molecule has 1 amide bonds. The molecule has 1 aromatic heterocycles. The van der Waals surface area contributed by atoms with Crippen LogP contribution in [-0.4, -0.2) is 40.2 Å². The van der Waals surface area contributed by atoms with Crippen LogP contribution in [0.4, 0.5) is 0 Å². The third-order valence-electron chi connectivity index (χ3n) is 2.30. The van der Waals surface area contributed by atoms with E-state index in [1.807, 2.05) is 0 Å². The quantitative estimate of drug-likeness (QED) is 0.658. The Labute approximate surface area is 108 Å². The third kappa shape index (κ3) is 2.62. The summed E-state index contributed by atoms with van der Waals surface area (Å²) >= 11 is 2.25. The Balaban J connectivity index is 1.94. The van der Waals surface area contributed by atoms with Gasteiger partial charge in [0.15, 0.2) is 0 Å². The topological polar surface area (TPSA) is 54.5 Å². The van der Waals surface area contributed by atoms with Crippen LogP contribution in [0.1, 0.15) is 10.5 Å². The molecule has 0 radical (unpaired) electrons. The predicted octanol–water partition coefficient (Wildman–Crippen LogP) is 0.854. The van der Waals surface area contributed by atoms with E-state index >= 15 is 0 Å². The third-order valence-corrected chi connectivity index (χ3v) is 3.09. The van der Waals surface area contributed by atoms with Crippen molar-refractivity contribution in [3.63, 3.8) is 0 Å². The van der Waals surface area contributed by atoms with Crippen molar-refractivity contribution in [2.45, 2.75) is 6.10 Å². The Bertz CT molecular complexity index is 376. The fourth-order valence-corrected chi connectivity index (χ4v) is 2.25. The Kier molecular flexibility index (Phi) is 3.59. The van der Waals surface area contributed by atoms with Gasteiger partial charge in [-0.2, -0.15) is 0 Å². The van der Waals surface area contributed by atoms with Crippen LogP contribution in [0.25, 0.3) is 0 Å². The lowest BCUT2D eigenvalue weighted by Gasteiger charge is -2.33. The molecule has 86 valence electrons. The number of halogens is 1. The maximum absolute atomic E-state index is 11.2. The minimum atomic E-state index is -0.186. The van der Waals surface area contributed by atoms with Gasteiger partial charge < -0.3 is 10.1 Å². The van der Waals surface area contributed by atoms with E-state index in [0.717, 1.165) is 13.1 Å². The minimum Gasteiger partial charge on any atom is -0.486 e. The van der Waals surface area contributed by atoms with E-state index < -0.39 is 0 Å². The van der Waals surface area contributed by atoms with Gasteiger partial charge >= 0.3 is 0 Å². The highest BCUT2D eigenvalue weighted by Crippen LogP contribution is 2.19. The summed E-state index contributed by atoms with van der Waals surface area (Å²) in [5.74, 6) is 0.524. The first kappa shape index (κ1) is 11.6. The number of pyridine rings is 1. The Hall–Kier alpha value is -0.890. The lowest BCUT2D eigenvalue weighted by molar-refractivity contribution is 0.0937. The number of hydrogen-bond donors (Lipinski definition) is 1. The molecule has 0 atom stereocenters. The van der Waals surface area contributed by atoms with E-state index in [1.54, 1.807) is 25.4 Å². The summed E-state index contributed by atoms with van der Waals surface area (Å²) in [4.78, 5) is 15.3. The summed E-state index contributed by atoms with van der Waals surface area (Å²) in [5.41, 5.74) is 0.402. The first-order valence-electron chi connectivity index (χ1n) is 4.94. The van der Waals surface area contributed by atoms with Gasteiger partial charge in [0, 0.05) is 43.0 Å². The molecule has 0 aliphatic carbocycles.